The average molecular weight is 308 g/mol. The number of hydrogen-bond acceptors (Lipinski definition) is 2. The molecule has 112 valence electrons. The summed E-state index contributed by atoms with van der Waals surface area (Å²) in [6.07, 6.45) is 0. The van der Waals surface area contributed by atoms with E-state index in [-0.39, 0.29) is 11.9 Å². The van der Waals surface area contributed by atoms with Crippen LogP contribution in [0.1, 0.15) is 28.3 Å². The van der Waals surface area contributed by atoms with Crippen molar-refractivity contribution < 1.29 is 9.13 Å². The lowest BCUT2D eigenvalue weighted by Crippen LogP contribution is -2.20. The Balaban J connectivity index is 2.63. The molecule has 0 aromatic heterocycles. The van der Waals surface area contributed by atoms with Gasteiger partial charge in [0, 0.05) is 10.6 Å². The van der Waals surface area contributed by atoms with Gasteiger partial charge in [0.1, 0.15) is 11.6 Å². The standard InChI is InChI=1S/C17H19ClFNO/c1-10-7-13(19)8-11(2)16(10)17(20-3)14-9-12(18)5-6-15(14)21-4/h5-9,17,20H,1-4H3. The molecule has 2 aromatic carbocycles. The van der Waals surface area contributed by atoms with E-state index in [1.807, 2.05) is 33.0 Å². The molecule has 1 unspecified atom stereocenters. The van der Waals surface area contributed by atoms with E-state index in [1.54, 1.807) is 25.3 Å². The highest BCUT2D eigenvalue weighted by atomic mass is 35.5. The molecule has 0 fully saturated rings. The molecule has 2 rings (SSSR count). The SMILES string of the molecule is CNC(c1cc(Cl)ccc1OC)c1c(C)cc(F)cc1C. The van der Waals surface area contributed by atoms with E-state index in [1.165, 1.54) is 0 Å². The fraction of sp³-hybridized carbons (Fsp3) is 0.294. The maximum absolute atomic E-state index is 13.5. The van der Waals surface area contributed by atoms with Gasteiger partial charge in [0.2, 0.25) is 0 Å². The maximum Gasteiger partial charge on any atom is 0.124 e. The first-order chi connectivity index (χ1) is 9.97. The molecule has 0 spiro atoms. The Morgan fingerprint density at radius 1 is 1.14 bits per heavy atom. The molecule has 0 bridgehead atoms. The Morgan fingerprint density at radius 3 is 2.29 bits per heavy atom. The van der Waals surface area contributed by atoms with Gasteiger partial charge in [-0.05, 0) is 67.9 Å². The summed E-state index contributed by atoms with van der Waals surface area (Å²) in [7, 11) is 3.50. The van der Waals surface area contributed by atoms with Crippen LogP contribution in [0, 0.1) is 19.7 Å². The van der Waals surface area contributed by atoms with Gasteiger partial charge in [-0.3, -0.25) is 0 Å². The van der Waals surface area contributed by atoms with E-state index in [2.05, 4.69) is 5.32 Å². The first-order valence-electron chi connectivity index (χ1n) is 6.75. The van der Waals surface area contributed by atoms with Crippen molar-refractivity contribution >= 4 is 11.6 Å². The normalized spacial score (nSPS) is 12.3. The molecule has 1 atom stereocenters. The smallest absolute Gasteiger partial charge is 0.124 e. The highest BCUT2D eigenvalue weighted by Crippen LogP contribution is 2.35. The topological polar surface area (TPSA) is 21.3 Å². The third-order valence-electron chi connectivity index (χ3n) is 3.64. The number of ether oxygens (including phenoxy) is 1. The molecular formula is C17H19ClFNO. The van der Waals surface area contributed by atoms with Crippen LogP contribution in [0.15, 0.2) is 30.3 Å². The minimum atomic E-state index is -0.221. The van der Waals surface area contributed by atoms with Gasteiger partial charge < -0.3 is 10.1 Å². The summed E-state index contributed by atoms with van der Waals surface area (Å²) in [6, 6.07) is 8.49. The highest BCUT2D eigenvalue weighted by Gasteiger charge is 2.21. The van der Waals surface area contributed by atoms with Crippen LogP contribution < -0.4 is 10.1 Å². The molecule has 2 aromatic rings. The summed E-state index contributed by atoms with van der Waals surface area (Å²) in [5, 5.41) is 3.92. The van der Waals surface area contributed by atoms with Gasteiger partial charge in [-0.2, -0.15) is 0 Å². The van der Waals surface area contributed by atoms with Gasteiger partial charge in [0.15, 0.2) is 0 Å². The number of aryl methyl sites for hydroxylation is 2. The molecule has 0 aliphatic heterocycles. The molecule has 21 heavy (non-hydrogen) atoms. The molecule has 0 amide bonds. The summed E-state index contributed by atoms with van der Waals surface area (Å²) in [6.45, 7) is 3.82. The summed E-state index contributed by atoms with van der Waals surface area (Å²) in [4.78, 5) is 0. The summed E-state index contributed by atoms with van der Waals surface area (Å²) in [5.74, 6) is 0.531. The predicted octanol–water partition coefficient (Wildman–Crippen LogP) is 4.41. The molecule has 0 aliphatic rings. The third-order valence-corrected chi connectivity index (χ3v) is 3.87. The van der Waals surface area contributed by atoms with E-state index in [9.17, 15) is 4.39 Å². The van der Waals surface area contributed by atoms with Crippen molar-refractivity contribution in [1.29, 1.82) is 0 Å². The summed E-state index contributed by atoms with van der Waals surface area (Å²) >= 11 is 6.12. The Morgan fingerprint density at radius 2 is 1.76 bits per heavy atom. The lowest BCUT2D eigenvalue weighted by atomic mass is 9.90. The van der Waals surface area contributed by atoms with Gasteiger partial charge in [0.05, 0.1) is 13.2 Å². The van der Waals surface area contributed by atoms with E-state index in [0.717, 1.165) is 28.0 Å². The zero-order valence-electron chi connectivity index (χ0n) is 12.6. The predicted molar refractivity (Wildman–Crippen MR) is 84.8 cm³/mol. The third kappa shape index (κ3) is 3.20. The van der Waals surface area contributed by atoms with Gasteiger partial charge in [-0.25, -0.2) is 4.39 Å². The Kier molecular flexibility index (Phi) is 4.86. The van der Waals surface area contributed by atoms with Crippen LogP contribution in [0.3, 0.4) is 0 Å². The van der Waals surface area contributed by atoms with Crippen molar-refractivity contribution in [3.05, 3.63) is 63.4 Å². The van der Waals surface area contributed by atoms with Gasteiger partial charge in [0.25, 0.3) is 0 Å². The van der Waals surface area contributed by atoms with Crippen molar-refractivity contribution in [2.75, 3.05) is 14.2 Å². The number of nitrogens with one attached hydrogen (secondary N) is 1. The van der Waals surface area contributed by atoms with E-state index >= 15 is 0 Å². The van der Waals surface area contributed by atoms with Crippen LogP contribution in [0.2, 0.25) is 5.02 Å². The lowest BCUT2D eigenvalue weighted by Gasteiger charge is -2.24. The Hall–Kier alpha value is -1.58. The monoisotopic (exact) mass is 307 g/mol. The Labute approximate surface area is 129 Å². The molecule has 0 aliphatic carbocycles. The molecule has 4 heteroatoms. The van der Waals surface area contributed by atoms with Crippen LogP contribution in [0.5, 0.6) is 5.75 Å². The molecule has 0 saturated heterocycles. The van der Waals surface area contributed by atoms with Crippen LogP contribution in [0.4, 0.5) is 4.39 Å². The van der Waals surface area contributed by atoms with Crippen LogP contribution in [-0.2, 0) is 0 Å². The number of hydrogen-bond donors (Lipinski definition) is 1. The molecular weight excluding hydrogens is 289 g/mol. The molecule has 1 N–H and O–H groups in total. The maximum atomic E-state index is 13.5. The first kappa shape index (κ1) is 15.8. The zero-order chi connectivity index (χ0) is 15.6. The van der Waals surface area contributed by atoms with E-state index in [0.29, 0.717) is 5.02 Å². The second kappa shape index (κ2) is 6.46. The van der Waals surface area contributed by atoms with E-state index < -0.39 is 0 Å². The number of methoxy groups -OCH3 is 1. The molecule has 2 nitrogen and oxygen atoms in total. The summed E-state index contributed by atoms with van der Waals surface area (Å²) in [5.41, 5.74) is 3.77. The molecule has 0 saturated carbocycles. The fourth-order valence-electron chi connectivity index (χ4n) is 2.76. The quantitative estimate of drug-likeness (QED) is 0.903. The van der Waals surface area contributed by atoms with Gasteiger partial charge >= 0.3 is 0 Å². The molecule has 0 heterocycles. The highest BCUT2D eigenvalue weighted by molar-refractivity contribution is 6.30. The van der Waals surface area contributed by atoms with Crippen LogP contribution in [0.25, 0.3) is 0 Å². The first-order valence-corrected chi connectivity index (χ1v) is 7.13. The van der Waals surface area contributed by atoms with Crippen LogP contribution >= 0.6 is 11.6 Å². The van der Waals surface area contributed by atoms with Crippen molar-refractivity contribution in [2.24, 2.45) is 0 Å². The molecule has 0 radical (unpaired) electrons. The number of rotatable bonds is 4. The van der Waals surface area contributed by atoms with Gasteiger partial charge in [-0.15, -0.1) is 0 Å². The summed E-state index contributed by atoms with van der Waals surface area (Å²) < 4.78 is 19.0. The number of halogens is 2. The fourth-order valence-corrected chi connectivity index (χ4v) is 2.94. The van der Waals surface area contributed by atoms with Crippen molar-refractivity contribution in [2.45, 2.75) is 19.9 Å². The van der Waals surface area contributed by atoms with Gasteiger partial charge in [-0.1, -0.05) is 11.6 Å². The minimum Gasteiger partial charge on any atom is -0.496 e. The lowest BCUT2D eigenvalue weighted by molar-refractivity contribution is 0.405. The zero-order valence-corrected chi connectivity index (χ0v) is 13.4. The van der Waals surface area contributed by atoms with E-state index in [4.69, 9.17) is 16.3 Å². The van der Waals surface area contributed by atoms with Crippen molar-refractivity contribution in [1.82, 2.24) is 5.32 Å². The average Bonchev–Trinajstić information content (AvgIpc) is 2.42. The second-order valence-electron chi connectivity index (χ2n) is 5.06. The van der Waals surface area contributed by atoms with Crippen molar-refractivity contribution in [3.63, 3.8) is 0 Å². The van der Waals surface area contributed by atoms with Crippen molar-refractivity contribution in [3.8, 4) is 5.75 Å². The second-order valence-corrected chi connectivity index (χ2v) is 5.50. The minimum absolute atomic E-state index is 0.112. The van der Waals surface area contributed by atoms with Crippen LogP contribution in [-0.4, -0.2) is 14.2 Å². The number of benzene rings is 2. The Bertz CT molecular complexity index is 634. The largest absolute Gasteiger partial charge is 0.496 e.